The third kappa shape index (κ3) is 4.47. The Morgan fingerprint density at radius 2 is 0.743 bits per heavy atom. The lowest BCUT2D eigenvalue weighted by atomic mass is 9.97. The first-order chi connectivity index (χ1) is 17.3. The number of rotatable bonds is 6. The van der Waals surface area contributed by atoms with Crippen molar-refractivity contribution in [1.29, 1.82) is 0 Å². The highest BCUT2D eigenvalue weighted by atomic mass is 16.5. The van der Waals surface area contributed by atoms with Crippen LogP contribution in [0.4, 0.5) is 0 Å². The van der Waals surface area contributed by atoms with Gasteiger partial charge in [-0.25, -0.2) is 9.98 Å². The van der Waals surface area contributed by atoms with E-state index in [0.29, 0.717) is 18.2 Å². The van der Waals surface area contributed by atoms with Gasteiger partial charge in [0.15, 0.2) is 24.0 Å². The molecule has 0 aromatic heterocycles. The summed E-state index contributed by atoms with van der Waals surface area (Å²) in [6, 6.07) is 41.0. The molecule has 0 bridgehead atoms. The molecule has 4 nitrogen and oxygen atoms in total. The fraction of sp³-hybridized carbons (Fsp3) is 0.161. The zero-order valence-electron chi connectivity index (χ0n) is 19.3. The molecule has 2 aliphatic rings. The van der Waals surface area contributed by atoms with E-state index < -0.39 is 0 Å². The Hall–Kier alpha value is -4.18. The van der Waals surface area contributed by atoms with Crippen LogP contribution < -0.4 is 0 Å². The molecule has 2 aliphatic heterocycles. The fourth-order valence-corrected chi connectivity index (χ4v) is 4.82. The van der Waals surface area contributed by atoms with Gasteiger partial charge >= 0.3 is 0 Å². The summed E-state index contributed by atoms with van der Waals surface area (Å²) in [5, 5.41) is 0. The van der Waals surface area contributed by atoms with Gasteiger partial charge in [0, 0.05) is 0 Å². The first kappa shape index (κ1) is 21.4. The summed E-state index contributed by atoms with van der Waals surface area (Å²) >= 11 is 0. The van der Waals surface area contributed by atoms with Crippen LogP contribution >= 0.6 is 0 Å². The van der Waals surface area contributed by atoms with Gasteiger partial charge in [-0.1, -0.05) is 121 Å². The van der Waals surface area contributed by atoms with E-state index in [-0.39, 0.29) is 24.3 Å². The largest absolute Gasteiger partial charge is 0.470 e. The number of aliphatic imine (C=N–C) groups is 2. The summed E-state index contributed by atoms with van der Waals surface area (Å²) in [6.07, 6.45) is 0.0789. The Morgan fingerprint density at radius 1 is 0.429 bits per heavy atom. The third-order valence-electron chi connectivity index (χ3n) is 6.51. The molecular weight excluding hydrogens is 432 g/mol. The Morgan fingerprint density at radius 3 is 1.09 bits per heavy atom. The minimum atomic E-state index is -0.176. The number of benzene rings is 4. The van der Waals surface area contributed by atoms with Crippen LogP contribution in [0.25, 0.3) is 0 Å². The second-order valence-corrected chi connectivity index (χ2v) is 8.83. The lowest BCUT2D eigenvalue weighted by molar-refractivity contribution is 0.183. The van der Waals surface area contributed by atoms with Crippen molar-refractivity contribution in [2.24, 2.45) is 9.98 Å². The maximum absolute atomic E-state index is 6.45. The van der Waals surface area contributed by atoms with Crippen molar-refractivity contribution in [2.45, 2.75) is 30.7 Å². The predicted octanol–water partition coefficient (Wildman–Crippen LogP) is 7.20. The molecule has 4 aromatic carbocycles. The summed E-state index contributed by atoms with van der Waals surface area (Å²) in [7, 11) is 0. The van der Waals surface area contributed by atoms with Gasteiger partial charge in [-0.05, 0) is 22.3 Å². The van der Waals surface area contributed by atoms with Crippen molar-refractivity contribution >= 4 is 11.8 Å². The summed E-state index contributed by atoms with van der Waals surface area (Å²) < 4.78 is 12.9. The first-order valence-electron chi connectivity index (χ1n) is 12.0. The molecule has 0 N–H and O–H groups in total. The summed E-state index contributed by atoms with van der Waals surface area (Å²) in [4.78, 5) is 10.0. The molecule has 4 atom stereocenters. The van der Waals surface area contributed by atoms with Crippen LogP contribution in [0, 0.1) is 0 Å². The van der Waals surface area contributed by atoms with Crippen molar-refractivity contribution in [3.05, 3.63) is 144 Å². The molecule has 0 fully saturated rings. The molecule has 4 aromatic rings. The lowest BCUT2D eigenvalue weighted by Crippen LogP contribution is -2.13. The van der Waals surface area contributed by atoms with E-state index in [9.17, 15) is 0 Å². The second-order valence-electron chi connectivity index (χ2n) is 8.83. The molecule has 0 unspecified atom stereocenters. The van der Waals surface area contributed by atoms with E-state index in [1.807, 2.05) is 72.8 Å². The smallest absolute Gasteiger partial charge is 0.194 e. The number of ether oxygens (including phenoxy) is 2. The average molecular weight is 459 g/mol. The zero-order valence-corrected chi connectivity index (χ0v) is 19.3. The quantitative estimate of drug-likeness (QED) is 0.307. The van der Waals surface area contributed by atoms with Gasteiger partial charge < -0.3 is 9.47 Å². The van der Waals surface area contributed by atoms with Crippen molar-refractivity contribution in [3.8, 4) is 0 Å². The van der Waals surface area contributed by atoms with Crippen LogP contribution in [0.5, 0.6) is 0 Å². The highest BCUT2D eigenvalue weighted by molar-refractivity contribution is 5.98. The minimum absolute atomic E-state index is 0.106. The maximum Gasteiger partial charge on any atom is 0.194 e. The Bertz CT molecular complexity index is 1220. The molecule has 6 rings (SSSR count). The number of hydrogen-bond acceptors (Lipinski definition) is 4. The van der Waals surface area contributed by atoms with Gasteiger partial charge in [0.2, 0.25) is 0 Å². The summed E-state index contributed by atoms with van der Waals surface area (Å²) in [5.74, 6) is 1.32. The highest BCUT2D eigenvalue weighted by Crippen LogP contribution is 2.43. The number of nitrogens with zero attached hydrogens (tertiary/aromatic N) is 2. The van der Waals surface area contributed by atoms with E-state index >= 15 is 0 Å². The van der Waals surface area contributed by atoms with Crippen LogP contribution in [-0.4, -0.2) is 11.8 Å². The average Bonchev–Trinajstić information content (AvgIpc) is 3.56. The molecule has 0 saturated carbocycles. The molecule has 35 heavy (non-hydrogen) atoms. The summed E-state index contributed by atoms with van der Waals surface area (Å²) in [6.45, 7) is 0. The van der Waals surface area contributed by atoms with E-state index in [0.717, 1.165) is 22.3 Å². The van der Waals surface area contributed by atoms with Crippen LogP contribution in [0.3, 0.4) is 0 Å². The second kappa shape index (κ2) is 9.59. The fourth-order valence-electron chi connectivity index (χ4n) is 4.82. The Labute approximate surface area is 205 Å². The van der Waals surface area contributed by atoms with Crippen molar-refractivity contribution < 1.29 is 9.47 Å². The molecular formula is C31H26N2O2. The molecule has 2 heterocycles. The van der Waals surface area contributed by atoms with Crippen LogP contribution in [-0.2, 0) is 9.47 Å². The predicted molar refractivity (Wildman–Crippen MR) is 138 cm³/mol. The topological polar surface area (TPSA) is 43.2 Å². The molecule has 172 valence electrons. The molecule has 0 amide bonds. The van der Waals surface area contributed by atoms with Gasteiger partial charge in [0.1, 0.15) is 12.1 Å². The first-order valence-corrected chi connectivity index (χ1v) is 12.0. The van der Waals surface area contributed by atoms with Gasteiger partial charge in [0.05, 0.1) is 6.42 Å². The maximum atomic E-state index is 6.45. The Balaban J connectivity index is 1.29. The van der Waals surface area contributed by atoms with Gasteiger partial charge in [-0.2, -0.15) is 0 Å². The monoisotopic (exact) mass is 458 g/mol. The van der Waals surface area contributed by atoms with E-state index in [2.05, 4.69) is 48.5 Å². The van der Waals surface area contributed by atoms with Crippen molar-refractivity contribution in [2.75, 3.05) is 0 Å². The minimum Gasteiger partial charge on any atom is -0.470 e. The van der Waals surface area contributed by atoms with Crippen LogP contribution in [0.15, 0.2) is 131 Å². The molecule has 4 heteroatoms. The van der Waals surface area contributed by atoms with E-state index in [1.54, 1.807) is 0 Å². The van der Waals surface area contributed by atoms with E-state index in [4.69, 9.17) is 19.5 Å². The third-order valence-corrected chi connectivity index (χ3v) is 6.51. The van der Waals surface area contributed by atoms with Crippen molar-refractivity contribution in [3.63, 3.8) is 0 Å². The van der Waals surface area contributed by atoms with E-state index in [1.165, 1.54) is 0 Å². The molecule has 0 aliphatic carbocycles. The van der Waals surface area contributed by atoms with Crippen LogP contribution in [0.2, 0.25) is 0 Å². The standard InChI is InChI=1S/C31H26N2O2/c1-5-13-22(14-6-1)28-30(24-17-9-3-10-18-24)34-26(32-28)21-27-33-29(23-15-7-2-8-16-23)31(35-27)25-19-11-4-12-20-25/h1-20,28-31H,21H2/t28-,29-,30-,31-/m1/s1. The highest BCUT2D eigenvalue weighted by Gasteiger charge is 2.37. The molecule has 0 spiro atoms. The Kier molecular flexibility index (Phi) is 5.85. The van der Waals surface area contributed by atoms with Gasteiger partial charge in [-0.15, -0.1) is 0 Å². The molecule has 0 saturated heterocycles. The van der Waals surface area contributed by atoms with Crippen molar-refractivity contribution in [1.82, 2.24) is 0 Å². The molecule has 0 radical (unpaired) electrons. The summed E-state index contributed by atoms with van der Waals surface area (Å²) in [5.41, 5.74) is 4.49. The number of hydrogen-bond donors (Lipinski definition) is 0. The van der Waals surface area contributed by atoms with Crippen LogP contribution in [0.1, 0.15) is 53.0 Å². The lowest BCUT2D eigenvalue weighted by Gasteiger charge is -2.19. The zero-order chi connectivity index (χ0) is 23.5. The SMILES string of the molecule is c1ccc([C@H]2N=C(CC3=N[C@H](c4ccccc4)[C@@H](c4ccccc4)O3)O[C@@H]2c2ccccc2)cc1. The normalized spacial score (nSPS) is 23.2. The van der Waals surface area contributed by atoms with Gasteiger partial charge in [-0.3, -0.25) is 0 Å². The van der Waals surface area contributed by atoms with Gasteiger partial charge in [0.25, 0.3) is 0 Å².